The number of hydrogen-bond donors (Lipinski definition) is 1. The lowest BCUT2D eigenvalue weighted by Crippen LogP contribution is -2.31. The molecule has 1 unspecified atom stereocenters. The summed E-state index contributed by atoms with van der Waals surface area (Å²) in [4.78, 5) is 2.10. The minimum absolute atomic E-state index is 0.302. The van der Waals surface area contributed by atoms with E-state index in [1.165, 1.54) is 12.1 Å². The number of benzene rings is 1. The van der Waals surface area contributed by atoms with Crippen LogP contribution >= 0.6 is 0 Å². The van der Waals surface area contributed by atoms with Crippen LogP contribution in [0.1, 0.15) is 56.1 Å². The molecule has 1 aromatic carbocycles. The van der Waals surface area contributed by atoms with E-state index in [9.17, 15) is 9.50 Å². The zero-order valence-electron chi connectivity index (χ0n) is 14.2. The van der Waals surface area contributed by atoms with Gasteiger partial charge in [-0.25, -0.2) is 4.39 Å². The van der Waals surface area contributed by atoms with Gasteiger partial charge in [0.05, 0.1) is 12.6 Å². The number of aliphatic hydroxyl groups excluding tert-OH is 1. The zero-order valence-corrected chi connectivity index (χ0v) is 14.2. The average Bonchev–Trinajstić information content (AvgIpc) is 3.27. The van der Waals surface area contributed by atoms with E-state index < -0.39 is 6.10 Å². The van der Waals surface area contributed by atoms with E-state index in [0.29, 0.717) is 36.4 Å². The van der Waals surface area contributed by atoms with Crippen molar-refractivity contribution < 1.29 is 13.9 Å². The molecule has 1 heterocycles. The third-order valence-electron chi connectivity index (χ3n) is 4.08. The van der Waals surface area contributed by atoms with Crippen molar-refractivity contribution >= 4 is 0 Å². The summed E-state index contributed by atoms with van der Waals surface area (Å²) in [6.45, 7) is 6.00. The van der Waals surface area contributed by atoms with Gasteiger partial charge in [0.2, 0.25) is 11.8 Å². The monoisotopic (exact) mass is 333 g/mol. The molecule has 1 aliphatic rings. The fourth-order valence-corrected chi connectivity index (χ4v) is 2.77. The molecule has 6 heteroatoms. The topological polar surface area (TPSA) is 62.4 Å². The molecular formula is C18H24FN3O2. The summed E-state index contributed by atoms with van der Waals surface area (Å²) >= 11 is 0. The molecule has 5 nitrogen and oxygen atoms in total. The van der Waals surface area contributed by atoms with Crippen molar-refractivity contribution in [3.05, 3.63) is 47.4 Å². The van der Waals surface area contributed by atoms with Crippen LogP contribution < -0.4 is 0 Å². The fraction of sp³-hybridized carbons (Fsp3) is 0.556. The summed E-state index contributed by atoms with van der Waals surface area (Å²) < 4.78 is 18.8. The molecule has 1 aliphatic carbocycles. The number of hydrogen-bond acceptors (Lipinski definition) is 5. The van der Waals surface area contributed by atoms with Crippen molar-refractivity contribution in [1.29, 1.82) is 0 Å². The van der Waals surface area contributed by atoms with Crippen LogP contribution in [0.4, 0.5) is 4.39 Å². The van der Waals surface area contributed by atoms with E-state index in [-0.39, 0.29) is 5.82 Å². The first-order valence-electron chi connectivity index (χ1n) is 8.49. The van der Waals surface area contributed by atoms with Crippen LogP contribution in [-0.2, 0) is 6.54 Å². The standard InChI is InChI=1S/C18H24FN3O2/c1-12(2)9-22(10-16(23)13-5-7-15(19)8-6-13)11-17-20-21-18(24-17)14-3-4-14/h5-8,12,14,16,23H,3-4,9-11H2,1-2H3. The Labute approximate surface area is 141 Å². The highest BCUT2D eigenvalue weighted by atomic mass is 19.1. The normalized spacial score (nSPS) is 16.1. The number of halogens is 1. The fourth-order valence-electron chi connectivity index (χ4n) is 2.77. The highest BCUT2D eigenvalue weighted by molar-refractivity contribution is 5.18. The molecule has 1 N–H and O–H groups in total. The highest BCUT2D eigenvalue weighted by Gasteiger charge is 2.29. The molecular weight excluding hydrogens is 309 g/mol. The van der Waals surface area contributed by atoms with Gasteiger partial charge in [-0.1, -0.05) is 26.0 Å². The van der Waals surface area contributed by atoms with Crippen LogP contribution in [0.5, 0.6) is 0 Å². The molecule has 130 valence electrons. The van der Waals surface area contributed by atoms with Crippen LogP contribution in [0.3, 0.4) is 0 Å². The minimum atomic E-state index is -0.685. The van der Waals surface area contributed by atoms with Crippen LogP contribution in [0, 0.1) is 11.7 Å². The second-order valence-corrected chi connectivity index (χ2v) is 6.96. The first kappa shape index (κ1) is 17.0. The molecule has 24 heavy (non-hydrogen) atoms. The molecule has 0 spiro atoms. The Kier molecular flexibility index (Phi) is 5.26. The van der Waals surface area contributed by atoms with E-state index in [1.807, 2.05) is 0 Å². The van der Waals surface area contributed by atoms with Crippen molar-refractivity contribution in [2.75, 3.05) is 13.1 Å². The van der Waals surface area contributed by atoms with Crippen LogP contribution in [0.2, 0.25) is 0 Å². The van der Waals surface area contributed by atoms with Crippen LogP contribution in [0.15, 0.2) is 28.7 Å². The van der Waals surface area contributed by atoms with E-state index in [0.717, 1.165) is 25.3 Å². The molecule has 1 saturated carbocycles. The molecule has 0 bridgehead atoms. The Balaban J connectivity index is 1.64. The van der Waals surface area contributed by atoms with Gasteiger partial charge in [0, 0.05) is 19.0 Å². The summed E-state index contributed by atoms with van der Waals surface area (Å²) in [6, 6.07) is 5.97. The Bertz CT molecular complexity index is 653. The maximum absolute atomic E-state index is 13.0. The molecule has 3 rings (SSSR count). The lowest BCUT2D eigenvalue weighted by Gasteiger charge is -2.25. The number of aromatic nitrogens is 2. The van der Waals surface area contributed by atoms with Gasteiger partial charge in [-0.15, -0.1) is 10.2 Å². The predicted molar refractivity (Wildman–Crippen MR) is 87.7 cm³/mol. The molecule has 2 aromatic rings. The van der Waals surface area contributed by atoms with Crippen molar-refractivity contribution in [2.24, 2.45) is 5.92 Å². The Morgan fingerprint density at radius 3 is 2.54 bits per heavy atom. The van der Waals surface area contributed by atoms with Gasteiger partial charge in [0.1, 0.15) is 5.82 Å². The maximum Gasteiger partial charge on any atom is 0.230 e. The molecule has 1 fully saturated rings. The average molecular weight is 333 g/mol. The zero-order chi connectivity index (χ0) is 17.1. The van der Waals surface area contributed by atoms with E-state index >= 15 is 0 Å². The molecule has 0 aliphatic heterocycles. The van der Waals surface area contributed by atoms with Crippen LogP contribution in [0.25, 0.3) is 0 Å². The number of rotatable bonds is 8. The maximum atomic E-state index is 13.0. The summed E-state index contributed by atoms with van der Waals surface area (Å²) in [5, 5.41) is 18.7. The summed E-state index contributed by atoms with van der Waals surface area (Å²) in [5.74, 6) is 1.90. The molecule has 0 saturated heterocycles. The summed E-state index contributed by atoms with van der Waals surface area (Å²) in [6.07, 6.45) is 1.57. The third kappa shape index (κ3) is 4.61. The second kappa shape index (κ2) is 7.40. The van der Waals surface area contributed by atoms with Gasteiger partial charge in [0.25, 0.3) is 0 Å². The number of aliphatic hydroxyl groups is 1. The number of nitrogens with zero attached hydrogens (tertiary/aromatic N) is 3. The van der Waals surface area contributed by atoms with Gasteiger partial charge < -0.3 is 9.52 Å². The lowest BCUT2D eigenvalue weighted by atomic mass is 10.1. The van der Waals surface area contributed by atoms with E-state index in [4.69, 9.17) is 4.42 Å². The molecule has 0 amide bonds. The van der Waals surface area contributed by atoms with Crippen molar-refractivity contribution in [3.8, 4) is 0 Å². The Hall–Kier alpha value is -1.79. The van der Waals surface area contributed by atoms with Gasteiger partial charge in [-0.3, -0.25) is 4.90 Å². The largest absolute Gasteiger partial charge is 0.424 e. The molecule has 0 radical (unpaired) electrons. The van der Waals surface area contributed by atoms with Gasteiger partial charge in [-0.2, -0.15) is 0 Å². The Morgan fingerprint density at radius 1 is 1.21 bits per heavy atom. The molecule has 1 atom stereocenters. The lowest BCUT2D eigenvalue weighted by molar-refractivity contribution is 0.0959. The highest BCUT2D eigenvalue weighted by Crippen LogP contribution is 2.39. The van der Waals surface area contributed by atoms with E-state index in [1.54, 1.807) is 12.1 Å². The first-order chi connectivity index (χ1) is 11.5. The minimum Gasteiger partial charge on any atom is -0.424 e. The SMILES string of the molecule is CC(C)CN(Cc1nnc(C2CC2)o1)CC(O)c1ccc(F)cc1. The summed E-state index contributed by atoms with van der Waals surface area (Å²) in [7, 11) is 0. The van der Waals surface area contributed by atoms with Gasteiger partial charge in [0.15, 0.2) is 0 Å². The van der Waals surface area contributed by atoms with Crippen molar-refractivity contribution in [1.82, 2.24) is 15.1 Å². The quantitative estimate of drug-likeness (QED) is 0.803. The van der Waals surface area contributed by atoms with Gasteiger partial charge >= 0.3 is 0 Å². The van der Waals surface area contributed by atoms with E-state index in [2.05, 4.69) is 28.9 Å². The molecule has 1 aromatic heterocycles. The predicted octanol–water partition coefficient (Wildman–Crippen LogP) is 3.28. The third-order valence-corrected chi connectivity index (χ3v) is 4.08. The van der Waals surface area contributed by atoms with Gasteiger partial charge in [-0.05, 0) is 36.5 Å². The second-order valence-electron chi connectivity index (χ2n) is 6.96. The first-order valence-corrected chi connectivity index (χ1v) is 8.49. The van der Waals surface area contributed by atoms with Crippen molar-refractivity contribution in [2.45, 2.75) is 45.3 Å². The summed E-state index contributed by atoms with van der Waals surface area (Å²) in [5.41, 5.74) is 0.703. The van der Waals surface area contributed by atoms with Crippen LogP contribution in [-0.4, -0.2) is 33.3 Å². The smallest absolute Gasteiger partial charge is 0.230 e. The van der Waals surface area contributed by atoms with Crippen molar-refractivity contribution in [3.63, 3.8) is 0 Å². The Morgan fingerprint density at radius 2 is 1.92 bits per heavy atom.